The molecule has 1 fully saturated rings. The van der Waals surface area contributed by atoms with Crippen LogP contribution < -0.4 is 5.73 Å². The quantitative estimate of drug-likeness (QED) is 0.677. The molecule has 1 heterocycles. The van der Waals surface area contributed by atoms with E-state index in [0.29, 0.717) is 18.1 Å². The molecule has 1 aliphatic rings. The van der Waals surface area contributed by atoms with Crippen molar-refractivity contribution >= 4 is 0 Å². The standard InChI is InChI=1S/C9H21N3/c1-7(2)12(8(3)4)11-5-9(10)6-11/h7-9H,5-6,10H2,1-4H3. The first-order valence-corrected chi connectivity index (χ1v) is 4.81. The summed E-state index contributed by atoms with van der Waals surface area (Å²) in [5.41, 5.74) is 5.74. The minimum Gasteiger partial charge on any atom is -0.325 e. The van der Waals surface area contributed by atoms with Gasteiger partial charge in [0.15, 0.2) is 0 Å². The highest BCUT2D eigenvalue weighted by molar-refractivity contribution is 4.83. The van der Waals surface area contributed by atoms with Gasteiger partial charge in [0, 0.05) is 31.2 Å². The maximum Gasteiger partial charge on any atom is 0.0325 e. The summed E-state index contributed by atoms with van der Waals surface area (Å²) in [4.78, 5) is 0. The van der Waals surface area contributed by atoms with Gasteiger partial charge in [-0.15, -0.1) is 0 Å². The van der Waals surface area contributed by atoms with Crippen LogP contribution in [0.2, 0.25) is 0 Å². The third kappa shape index (κ3) is 1.97. The van der Waals surface area contributed by atoms with Crippen LogP contribution in [0.1, 0.15) is 27.7 Å². The minimum atomic E-state index is 0.394. The summed E-state index contributed by atoms with van der Waals surface area (Å²) in [7, 11) is 0. The number of hydrogen-bond donors (Lipinski definition) is 1. The first kappa shape index (κ1) is 9.96. The van der Waals surface area contributed by atoms with Crippen LogP contribution in [0.25, 0.3) is 0 Å². The lowest BCUT2D eigenvalue weighted by atomic mass is 10.1. The van der Waals surface area contributed by atoms with E-state index in [-0.39, 0.29) is 0 Å². The van der Waals surface area contributed by atoms with Crippen molar-refractivity contribution < 1.29 is 0 Å². The van der Waals surface area contributed by atoms with E-state index in [1.807, 2.05) is 0 Å². The van der Waals surface area contributed by atoms with Crippen molar-refractivity contribution in [3.8, 4) is 0 Å². The highest BCUT2D eigenvalue weighted by atomic mass is 15.7. The Labute approximate surface area is 75.5 Å². The van der Waals surface area contributed by atoms with Crippen LogP contribution in [0, 0.1) is 0 Å². The maximum absolute atomic E-state index is 5.74. The summed E-state index contributed by atoms with van der Waals surface area (Å²) < 4.78 is 0. The van der Waals surface area contributed by atoms with Crippen molar-refractivity contribution in [2.45, 2.75) is 45.8 Å². The predicted octanol–water partition coefficient (Wildman–Crippen LogP) is 0.663. The Morgan fingerprint density at radius 3 is 1.83 bits per heavy atom. The molecule has 0 spiro atoms. The zero-order valence-electron chi connectivity index (χ0n) is 8.62. The van der Waals surface area contributed by atoms with E-state index >= 15 is 0 Å². The lowest BCUT2D eigenvalue weighted by Crippen LogP contribution is -2.65. The molecule has 0 saturated carbocycles. The van der Waals surface area contributed by atoms with Crippen LogP contribution >= 0.6 is 0 Å². The summed E-state index contributed by atoms with van der Waals surface area (Å²) in [6.07, 6.45) is 0. The Kier molecular flexibility index (Phi) is 3.09. The van der Waals surface area contributed by atoms with E-state index < -0.39 is 0 Å². The Hall–Kier alpha value is -0.120. The van der Waals surface area contributed by atoms with Gasteiger partial charge in [-0.1, -0.05) is 0 Å². The van der Waals surface area contributed by atoms with Gasteiger partial charge >= 0.3 is 0 Å². The molecular weight excluding hydrogens is 150 g/mol. The molecule has 0 aromatic heterocycles. The normalized spacial score (nSPS) is 21.0. The second kappa shape index (κ2) is 3.73. The average Bonchev–Trinajstić information content (AvgIpc) is 1.82. The summed E-state index contributed by atoms with van der Waals surface area (Å²) in [6, 6.07) is 1.56. The number of nitrogens with two attached hydrogens (primary N) is 1. The second-order valence-electron chi connectivity index (χ2n) is 4.20. The molecule has 1 aliphatic heterocycles. The lowest BCUT2D eigenvalue weighted by molar-refractivity contribution is -0.123. The van der Waals surface area contributed by atoms with E-state index in [2.05, 4.69) is 37.7 Å². The van der Waals surface area contributed by atoms with E-state index in [4.69, 9.17) is 5.73 Å². The Morgan fingerprint density at radius 2 is 1.58 bits per heavy atom. The van der Waals surface area contributed by atoms with Crippen LogP contribution in [0.5, 0.6) is 0 Å². The SMILES string of the molecule is CC(C)N(C(C)C)N1CC(N)C1. The summed E-state index contributed by atoms with van der Waals surface area (Å²) in [5.74, 6) is 0. The Balaban J connectivity index is 2.44. The molecule has 72 valence electrons. The van der Waals surface area contributed by atoms with Gasteiger partial charge in [0.2, 0.25) is 0 Å². The molecule has 0 unspecified atom stereocenters. The molecule has 1 rings (SSSR count). The topological polar surface area (TPSA) is 32.5 Å². The first-order valence-electron chi connectivity index (χ1n) is 4.81. The third-order valence-corrected chi connectivity index (χ3v) is 2.28. The van der Waals surface area contributed by atoms with Gasteiger partial charge in [-0.25, -0.2) is 10.0 Å². The molecule has 0 aliphatic carbocycles. The van der Waals surface area contributed by atoms with E-state index in [9.17, 15) is 0 Å². The van der Waals surface area contributed by atoms with Gasteiger partial charge in [-0.2, -0.15) is 0 Å². The van der Waals surface area contributed by atoms with Crippen LogP contribution in [-0.2, 0) is 0 Å². The van der Waals surface area contributed by atoms with E-state index in [0.717, 1.165) is 13.1 Å². The molecule has 0 bridgehead atoms. The van der Waals surface area contributed by atoms with Gasteiger partial charge < -0.3 is 5.73 Å². The van der Waals surface area contributed by atoms with Crippen LogP contribution in [0.3, 0.4) is 0 Å². The number of hydrogen-bond acceptors (Lipinski definition) is 3. The molecule has 0 aromatic rings. The average molecular weight is 171 g/mol. The van der Waals surface area contributed by atoms with Crippen molar-refractivity contribution in [2.24, 2.45) is 5.73 Å². The molecule has 3 nitrogen and oxygen atoms in total. The number of rotatable bonds is 3. The number of nitrogens with zero attached hydrogens (tertiary/aromatic N) is 2. The van der Waals surface area contributed by atoms with Crippen molar-refractivity contribution in [3.63, 3.8) is 0 Å². The van der Waals surface area contributed by atoms with Crippen molar-refractivity contribution in [2.75, 3.05) is 13.1 Å². The van der Waals surface area contributed by atoms with E-state index in [1.54, 1.807) is 0 Å². The smallest absolute Gasteiger partial charge is 0.0325 e. The fourth-order valence-corrected chi connectivity index (χ4v) is 1.93. The zero-order valence-corrected chi connectivity index (χ0v) is 8.62. The third-order valence-electron chi connectivity index (χ3n) is 2.28. The fourth-order valence-electron chi connectivity index (χ4n) is 1.93. The Bertz CT molecular complexity index is 131. The van der Waals surface area contributed by atoms with Gasteiger partial charge in [0.25, 0.3) is 0 Å². The van der Waals surface area contributed by atoms with Crippen LogP contribution in [0.4, 0.5) is 0 Å². The summed E-state index contributed by atoms with van der Waals surface area (Å²) in [5, 5.41) is 4.75. The van der Waals surface area contributed by atoms with Crippen LogP contribution in [-0.4, -0.2) is 41.2 Å². The highest BCUT2D eigenvalue weighted by Crippen LogP contribution is 2.16. The highest BCUT2D eigenvalue weighted by Gasteiger charge is 2.31. The molecule has 12 heavy (non-hydrogen) atoms. The molecule has 0 amide bonds. The minimum absolute atomic E-state index is 0.394. The molecule has 0 radical (unpaired) electrons. The van der Waals surface area contributed by atoms with Gasteiger partial charge in [0.05, 0.1) is 0 Å². The second-order valence-corrected chi connectivity index (χ2v) is 4.20. The predicted molar refractivity (Wildman–Crippen MR) is 51.7 cm³/mol. The van der Waals surface area contributed by atoms with Crippen LogP contribution in [0.15, 0.2) is 0 Å². The van der Waals surface area contributed by atoms with Gasteiger partial charge in [-0.3, -0.25) is 0 Å². The monoisotopic (exact) mass is 171 g/mol. The molecule has 0 atom stereocenters. The molecular formula is C9H21N3. The fraction of sp³-hybridized carbons (Fsp3) is 1.00. The Morgan fingerprint density at radius 1 is 1.17 bits per heavy atom. The molecule has 2 N–H and O–H groups in total. The van der Waals surface area contributed by atoms with Crippen molar-refractivity contribution in [1.29, 1.82) is 0 Å². The van der Waals surface area contributed by atoms with Crippen molar-refractivity contribution in [1.82, 2.24) is 10.0 Å². The molecule has 1 saturated heterocycles. The number of hydrazine groups is 1. The largest absolute Gasteiger partial charge is 0.325 e. The molecule has 0 aromatic carbocycles. The van der Waals surface area contributed by atoms with Gasteiger partial charge in [-0.05, 0) is 27.7 Å². The van der Waals surface area contributed by atoms with Gasteiger partial charge in [0.1, 0.15) is 0 Å². The van der Waals surface area contributed by atoms with E-state index in [1.165, 1.54) is 0 Å². The summed E-state index contributed by atoms with van der Waals surface area (Å²) in [6.45, 7) is 11.0. The maximum atomic E-state index is 5.74. The summed E-state index contributed by atoms with van der Waals surface area (Å²) >= 11 is 0. The zero-order chi connectivity index (χ0) is 9.30. The van der Waals surface area contributed by atoms with Crippen molar-refractivity contribution in [3.05, 3.63) is 0 Å². The lowest BCUT2D eigenvalue weighted by Gasteiger charge is -2.48. The molecule has 3 heteroatoms. The first-order chi connectivity index (χ1) is 5.52.